The average molecular weight is 259 g/mol. The van der Waals surface area contributed by atoms with E-state index in [0.717, 1.165) is 12.8 Å². The summed E-state index contributed by atoms with van der Waals surface area (Å²) in [5.74, 6) is 0.468. The molecule has 1 fully saturated rings. The quantitative estimate of drug-likeness (QED) is 0.852. The van der Waals surface area contributed by atoms with Crippen molar-refractivity contribution >= 4 is 10.0 Å². The predicted molar refractivity (Wildman–Crippen MR) is 61.9 cm³/mol. The first kappa shape index (κ1) is 12.5. The summed E-state index contributed by atoms with van der Waals surface area (Å²) in [6, 6.07) is 0. The summed E-state index contributed by atoms with van der Waals surface area (Å²) in [5, 5.41) is 6.21. The summed E-state index contributed by atoms with van der Waals surface area (Å²) >= 11 is 0. The molecule has 0 amide bonds. The minimum Gasteiger partial charge on any atom is -0.384 e. The maximum absolute atomic E-state index is 12.1. The number of rotatable bonds is 4. The summed E-state index contributed by atoms with van der Waals surface area (Å²) in [5.41, 5.74) is 0. The Hall–Kier alpha value is -0.920. The first-order chi connectivity index (χ1) is 8.14. The van der Waals surface area contributed by atoms with E-state index in [1.54, 1.807) is 7.11 Å². The SMILES string of the molecule is COCC1CCN(S(=O)(=O)c2cn[nH]c2)CC1. The van der Waals surface area contributed by atoms with Crippen LogP contribution in [0.1, 0.15) is 12.8 Å². The number of ether oxygens (including phenoxy) is 1. The van der Waals surface area contributed by atoms with Gasteiger partial charge in [0.25, 0.3) is 0 Å². The third-order valence-corrected chi connectivity index (χ3v) is 4.95. The third-order valence-electron chi connectivity index (χ3n) is 3.09. The van der Waals surface area contributed by atoms with E-state index in [1.807, 2.05) is 0 Å². The number of nitrogens with one attached hydrogen (secondary N) is 1. The first-order valence-corrected chi connectivity index (χ1v) is 7.06. The zero-order valence-corrected chi connectivity index (χ0v) is 10.6. The van der Waals surface area contributed by atoms with E-state index in [2.05, 4.69) is 10.2 Å². The lowest BCUT2D eigenvalue weighted by molar-refractivity contribution is 0.121. The Bertz CT molecular complexity index is 435. The van der Waals surface area contributed by atoms with Crippen molar-refractivity contribution in [3.8, 4) is 0 Å². The Morgan fingerprint density at radius 3 is 2.76 bits per heavy atom. The number of methoxy groups -OCH3 is 1. The van der Waals surface area contributed by atoms with Crippen molar-refractivity contribution in [2.45, 2.75) is 17.7 Å². The lowest BCUT2D eigenvalue weighted by Gasteiger charge is -2.30. The summed E-state index contributed by atoms with van der Waals surface area (Å²) in [4.78, 5) is 0.239. The van der Waals surface area contributed by atoms with Crippen LogP contribution in [0.3, 0.4) is 0 Å². The zero-order chi connectivity index (χ0) is 12.3. The smallest absolute Gasteiger partial charge is 0.246 e. The van der Waals surface area contributed by atoms with Gasteiger partial charge < -0.3 is 4.74 Å². The summed E-state index contributed by atoms with van der Waals surface area (Å²) < 4.78 is 30.9. The number of hydrogen-bond donors (Lipinski definition) is 1. The standard InChI is InChI=1S/C10H17N3O3S/c1-16-8-9-2-4-13(5-3-9)17(14,15)10-6-11-12-7-10/h6-7,9H,2-5,8H2,1H3,(H,11,12). The molecule has 0 spiro atoms. The molecule has 96 valence electrons. The van der Waals surface area contributed by atoms with Crippen LogP contribution in [0.4, 0.5) is 0 Å². The molecule has 1 saturated heterocycles. The van der Waals surface area contributed by atoms with Crippen molar-refractivity contribution in [3.63, 3.8) is 0 Å². The van der Waals surface area contributed by atoms with E-state index in [0.29, 0.717) is 25.6 Å². The van der Waals surface area contributed by atoms with Crippen molar-refractivity contribution in [2.75, 3.05) is 26.8 Å². The molecular formula is C10H17N3O3S. The number of nitrogens with zero attached hydrogens (tertiary/aromatic N) is 2. The maximum atomic E-state index is 12.1. The highest BCUT2D eigenvalue weighted by Gasteiger charge is 2.29. The Labute approximate surface area is 101 Å². The molecule has 7 heteroatoms. The van der Waals surface area contributed by atoms with Crippen LogP contribution in [-0.4, -0.2) is 49.7 Å². The second-order valence-electron chi connectivity index (χ2n) is 4.24. The van der Waals surface area contributed by atoms with Crippen LogP contribution in [0.5, 0.6) is 0 Å². The van der Waals surface area contributed by atoms with Gasteiger partial charge in [0.1, 0.15) is 4.90 Å². The van der Waals surface area contributed by atoms with E-state index >= 15 is 0 Å². The van der Waals surface area contributed by atoms with Crippen LogP contribution >= 0.6 is 0 Å². The van der Waals surface area contributed by atoms with Crippen LogP contribution < -0.4 is 0 Å². The van der Waals surface area contributed by atoms with E-state index < -0.39 is 10.0 Å². The summed E-state index contributed by atoms with van der Waals surface area (Å²) in [7, 11) is -1.68. The number of aromatic nitrogens is 2. The fraction of sp³-hybridized carbons (Fsp3) is 0.700. The molecule has 0 aliphatic carbocycles. The molecule has 0 radical (unpaired) electrons. The third kappa shape index (κ3) is 2.67. The Morgan fingerprint density at radius 2 is 2.24 bits per heavy atom. The zero-order valence-electron chi connectivity index (χ0n) is 9.80. The normalized spacial score (nSPS) is 19.6. The van der Waals surface area contributed by atoms with Gasteiger partial charge in [-0.1, -0.05) is 0 Å². The molecular weight excluding hydrogens is 242 g/mol. The van der Waals surface area contributed by atoms with E-state index in [1.165, 1.54) is 16.7 Å². The van der Waals surface area contributed by atoms with E-state index in [4.69, 9.17) is 4.74 Å². The molecule has 2 heterocycles. The van der Waals surface area contributed by atoms with Gasteiger partial charge in [-0.25, -0.2) is 8.42 Å². The Kier molecular flexibility index (Phi) is 3.80. The number of piperidine rings is 1. The summed E-state index contributed by atoms with van der Waals surface area (Å²) in [6.45, 7) is 1.82. The molecule has 0 atom stereocenters. The van der Waals surface area contributed by atoms with Gasteiger partial charge >= 0.3 is 0 Å². The molecule has 2 rings (SSSR count). The molecule has 0 saturated carbocycles. The minimum absolute atomic E-state index is 0.239. The lowest BCUT2D eigenvalue weighted by Crippen LogP contribution is -2.39. The fourth-order valence-corrected chi connectivity index (χ4v) is 3.46. The molecule has 0 aromatic carbocycles. The molecule has 17 heavy (non-hydrogen) atoms. The molecule has 1 aromatic heterocycles. The predicted octanol–water partition coefficient (Wildman–Crippen LogP) is 0.457. The Balaban J connectivity index is 2.01. The lowest BCUT2D eigenvalue weighted by atomic mass is 9.99. The molecule has 0 bridgehead atoms. The van der Waals surface area contributed by atoms with Gasteiger partial charge in [-0.3, -0.25) is 5.10 Å². The molecule has 1 N–H and O–H groups in total. The monoisotopic (exact) mass is 259 g/mol. The van der Waals surface area contributed by atoms with Gasteiger partial charge in [0.05, 0.1) is 6.20 Å². The maximum Gasteiger partial charge on any atom is 0.246 e. The number of aromatic amines is 1. The van der Waals surface area contributed by atoms with Gasteiger partial charge in [0.15, 0.2) is 0 Å². The van der Waals surface area contributed by atoms with Gasteiger partial charge in [-0.2, -0.15) is 9.40 Å². The minimum atomic E-state index is -3.36. The van der Waals surface area contributed by atoms with Crippen molar-refractivity contribution in [1.29, 1.82) is 0 Å². The number of sulfonamides is 1. The highest BCUT2D eigenvalue weighted by atomic mass is 32.2. The van der Waals surface area contributed by atoms with E-state index in [-0.39, 0.29) is 4.90 Å². The van der Waals surface area contributed by atoms with Crippen LogP contribution in [0.25, 0.3) is 0 Å². The highest BCUT2D eigenvalue weighted by molar-refractivity contribution is 7.89. The van der Waals surface area contributed by atoms with Crippen LogP contribution in [-0.2, 0) is 14.8 Å². The first-order valence-electron chi connectivity index (χ1n) is 5.62. The molecule has 1 aliphatic heterocycles. The average Bonchev–Trinajstić information content (AvgIpc) is 2.84. The molecule has 1 aliphatic rings. The number of hydrogen-bond acceptors (Lipinski definition) is 4. The van der Waals surface area contributed by atoms with Crippen molar-refractivity contribution in [2.24, 2.45) is 5.92 Å². The van der Waals surface area contributed by atoms with Crippen molar-refractivity contribution in [3.05, 3.63) is 12.4 Å². The van der Waals surface area contributed by atoms with Gasteiger partial charge in [-0.15, -0.1) is 0 Å². The Morgan fingerprint density at radius 1 is 1.53 bits per heavy atom. The highest BCUT2D eigenvalue weighted by Crippen LogP contribution is 2.23. The van der Waals surface area contributed by atoms with Crippen LogP contribution in [0.2, 0.25) is 0 Å². The van der Waals surface area contributed by atoms with Gasteiger partial charge in [0.2, 0.25) is 10.0 Å². The van der Waals surface area contributed by atoms with Gasteiger partial charge in [0, 0.05) is 33.0 Å². The number of H-pyrrole nitrogens is 1. The molecule has 1 aromatic rings. The van der Waals surface area contributed by atoms with Crippen molar-refractivity contribution < 1.29 is 13.2 Å². The van der Waals surface area contributed by atoms with Crippen LogP contribution in [0, 0.1) is 5.92 Å². The van der Waals surface area contributed by atoms with Crippen molar-refractivity contribution in [1.82, 2.24) is 14.5 Å². The van der Waals surface area contributed by atoms with E-state index in [9.17, 15) is 8.42 Å². The second-order valence-corrected chi connectivity index (χ2v) is 6.17. The van der Waals surface area contributed by atoms with Gasteiger partial charge in [-0.05, 0) is 18.8 Å². The molecule has 6 nitrogen and oxygen atoms in total. The van der Waals surface area contributed by atoms with Crippen LogP contribution in [0.15, 0.2) is 17.3 Å². The fourth-order valence-electron chi connectivity index (χ4n) is 2.08. The summed E-state index contributed by atoms with van der Waals surface area (Å²) in [6.07, 6.45) is 4.46. The molecule has 0 unspecified atom stereocenters. The second kappa shape index (κ2) is 5.16. The topological polar surface area (TPSA) is 75.3 Å². The largest absolute Gasteiger partial charge is 0.384 e.